The lowest BCUT2D eigenvalue weighted by molar-refractivity contribution is 0.0746. The number of sulfonamides is 1. The van der Waals surface area contributed by atoms with Gasteiger partial charge in [0.05, 0.1) is 10.6 Å². The first-order valence-corrected chi connectivity index (χ1v) is 10.9. The van der Waals surface area contributed by atoms with Crippen molar-refractivity contribution in [3.05, 3.63) is 54.1 Å². The van der Waals surface area contributed by atoms with Crippen LogP contribution in [-0.2, 0) is 10.0 Å². The van der Waals surface area contributed by atoms with Gasteiger partial charge in [-0.25, -0.2) is 13.1 Å². The van der Waals surface area contributed by atoms with Crippen molar-refractivity contribution in [1.29, 1.82) is 0 Å². The molecule has 1 amide bonds. The van der Waals surface area contributed by atoms with Crippen molar-refractivity contribution < 1.29 is 18.3 Å². The first-order chi connectivity index (χ1) is 13.4. The Morgan fingerprint density at radius 3 is 2.39 bits per heavy atom. The third kappa shape index (κ3) is 3.98. The van der Waals surface area contributed by atoms with E-state index >= 15 is 0 Å². The first kappa shape index (κ1) is 18.8. The van der Waals surface area contributed by atoms with Crippen molar-refractivity contribution in [2.24, 2.45) is 0 Å². The summed E-state index contributed by atoms with van der Waals surface area (Å²) in [6, 6.07) is 13.4. The Hall–Kier alpha value is -2.58. The lowest BCUT2D eigenvalue weighted by atomic mass is 10.1. The molecule has 2 aromatic carbocycles. The van der Waals surface area contributed by atoms with Crippen LogP contribution in [0.2, 0.25) is 0 Å². The SMILES string of the molecule is O=C(c1cccc(S(=O)(=O)NC2CC2)c1)N1CCN(c2ccccc2O)CC1. The van der Waals surface area contributed by atoms with Gasteiger partial charge in [-0.3, -0.25) is 4.79 Å². The Morgan fingerprint density at radius 1 is 1.00 bits per heavy atom. The van der Waals surface area contributed by atoms with Gasteiger partial charge >= 0.3 is 0 Å². The molecule has 4 rings (SSSR count). The first-order valence-electron chi connectivity index (χ1n) is 9.39. The van der Waals surface area contributed by atoms with Gasteiger partial charge in [0.2, 0.25) is 10.0 Å². The molecular weight excluding hydrogens is 378 g/mol. The minimum absolute atomic E-state index is 0.0202. The highest BCUT2D eigenvalue weighted by atomic mass is 32.2. The zero-order chi connectivity index (χ0) is 19.7. The number of hydrogen-bond acceptors (Lipinski definition) is 5. The summed E-state index contributed by atoms with van der Waals surface area (Å²) in [5.74, 6) is 0.0451. The third-order valence-corrected chi connectivity index (χ3v) is 6.60. The number of benzene rings is 2. The van der Waals surface area contributed by atoms with Gasteiger partial charge in [0.15, 0.2) is 0 Å². The van der Waals surface area contributed by atoms with Crippen LogP contribution in [0.4, 0.5) is 5.69 Å². The molecule has 0 unspecified atom stereocenters. The van der Waals surface area contributed by atoms with Gasteiger partial charge in [-0.2, -0.15) is 0 Å². The van der Waals surface area contributed by atoms with Gasteiger partial charge in [-0.05, 0) is 43.2 Å². The summed E-state index contributed by atoms with van der Waals surface area (Å²) >= 11 is 0. The fourth-order valence-corrected chi connectivity index (χ4v) is 4.70. The van der Waals surface area contributed by atoms with Crippen molar-refractivity contribution in [2.75, 3.05) is 31.1 Å². The number of phenolic OH excluding ortho intramolecular Hbond substituents is 1. The molecular formula is C20H23N3O4S. The van der Waals surface area contributed by atoms with E-state index in [1.807, 2.05) is 17.0 Å². The molecule has 2 N–H and O–H groups in total. The maximum absolute atomic E-state index is 12.9. The number of carbonyl (C=O) groups excluding carboxylic acids is 1. The van der Waals surface area contributed by atoms with Crippen molar-refractivity contribution in [2.45, 2.75) is 23.8 Å². The second-order valence-electron chi connectivity index (χ2n) is 7.19. The standard InChI is InChI=1S/C20H23N3O4S/c24-19-7-2-1-6-18(19)22-10-12-23(13-11-22)20(25)15-4-3-5-17(14-15)28(26,27)21-16-8-9-16/h1-7,14,16,21,24H,8-13H2. The molecule has 1 aliphatic heterocycles. The minimum atomic E-state index is -3.59. The fourth-order valence-electron chi connectivity index (χ4n) is 3.35. The molecule has 1 saturated heterocycles. The molecule has 0 radical (unpaired) electrons. The second-order valence-corrected chi connectivity index (χ2v) is 8.91. The van der Waals surface area contributed by atoms with Gasteiger partial charge in [0, 0.05) is 37.8 Å². The summed E-state index contributed by atoms with van der Waals surface area (Å²) in [6.07, 6.45) is 1.72. The van der Waals surface area contributed by atoms with Gasteiger partial charge in [0.25, 0.3) is 5.91 Å². The van der Waals surface area contributed by atoms with Crippen molar-refractivity contribution in [3.63, 3.8) is 0 Å². The number of piperazine rings is 1. The molecule has 0 spiro atoms. The topological polar surface area (TPSA) is 90.0 Å². The second kappa shape index (κ2) is 7.44. The lowest BCUT2D eigenvalue weighted by Gasteiger charge is -2.36. The molecule has 28 heavy (non-hydrogen) atoms. The summed E-state index contributed by atoms with van der Waals surface area (Å²) in [7, 11) is -3.59. The quantitative estimate of drug-likeness (QED) is 0.797. The largest absolute Gasteiger partial charge is 0.506 e. The van der Waals surface area contributed by atoms with Crippen LogP contribution >= 0.6 is 0 Å². The molecule has 1 saturated carbocycles. The number of carbonyl (C=O) groups is 1. The number of para-hydroxylation sites is 2. The maximum Gasteiger partial charge on any atom is 0.254 e. The summed E-state index contributed by atoms with van der Waals surface area (Å²) in [6.45, 7) is 2.21. The van der Waals surface area contributed by atoms with Crippen molar-refractivity contribution in [1.82, 2.24) is 9.62 Å². The zero-order valence-corrected chi connectivity index (χ0v) is 16.2. The van der Waals surface area contributed by atoms with E-state index in [0.29, 0.717) is 31.7 Å². The Morgan fingerprint density at radius 2 is 1.71 bits per heavy atom. The summed E-state index contributed by atoms with van der Waals surface area (Å²) < 4.78 is 27.4. The van der Waals surface area contributed by atoms with E-state index < -0.39 is 10.0 Å². The van der Waals surface area contributed by atoms with Gasteiger partial charge in [-0.1, -0.05) is 18.2 Å². The van der Waals surface area contributed by atoms with Crippen molar-refractivity contribution >= 4 is 21.6 Å². The van der Waals surface area contributed by atoms with Gasteiger partial charge in [-0.15, -0.1) is 0 Å². The number of nitrogens with one attached hydrogen (secondary N) is 1. The van der Waals surface area contributed by atoms with E-state index in [9.17, 15) is 18.3 Å². The Kier molecular flexibility index (Phi) is 4.99. The van der Waals surface area contributed by atoms with Crippen LogP contribution in [0.3, 0.4) is 0 Å². The molecule has 8 heteroatoms. The molecule has 0 aromatic heterocycles. The molecule has 7 nitrogen and oxygen atoms in total. The molecule has 0 bridgehead atoms. The van der Waals surface area contributed by atoms with Crippen LogP contribution in [0.1, 0.15) is 23.2 Å². The minimum Gasteiger partial charge on any atom is -0.506 e. The molecule has 0 atom stereocenters. The fraction of sp³-hybridized carbons (Fsp3) is 0.350. The number of phenols is 1. The third-order valence-electron chi connectivity index (χ3n) is 5.08. The normalized spacial score (nSPS) is 17.6. The summed E-state index contributed by atoms with van der Waals surface area (Å²) in [4.78, 5) is 16.7. The van der Waals surface area contributed by atoms with Crippen LogP contribution in [0.15, 0.2) is 53.4 Å². The molecule has 1 heterocycles. The monoisotopic (exact) mass is 401 g/mol. The zero-order valence-electron chi connectivity index (χ0n) is 15.4. The highest BCUT2D eigenvalue weighted by molar-refractivity contribution is 7.89. The van der Waals surface area contributed by atoms with E-state index in [0.717, 1.165) is 18.5 Å². The smallest absolute Gasteiger partial charge is 0.254 e. The summed E-state index contributed by atoms with van der Waals surface area (Å²) in [5, 5.41) is 10.0. The van der Waals surface area contributed by atoms with E-state index in [-0.39, 0.29) is 22.6 Å². The van der Waals surface area contributed by atoms with Crippen LogP contribution in [0.5, 0.6) is 5.75 Å². The number of anilines is 1. The number of nitrogens with zero attached hydrogens (tertiary/aromatic N) is 2. The maximum atomic E-state index is 12.9. The van der Waals surface area contributed by atoms with E-state index in [1.165, 1.54) is 12.1 Å². The summed E-state index contributed by atoms with van der Waals surface area (Å²) in [5.41, 5.74) is 1.13. The highest BCUT2D eigenvalue weighted by Crippen LogP contribution is 2.27. The molecule has 148 valence electrons. The number of aromatic hydroxyl groups is 1. The van der Waals surface area contributed by atoms with E-state index in [2.05, 4.69) is 4.72 Å². The predicted octanol–water partition coefficient (Wildman–Crippen LogP) is 1.80. The molecule has 1 aliphatic carbocycles. The van der Waals surface area contributed by atoms with Crippen LogP contribution < -0.4 is 9.62 Å². The average molecular weight is 401 g/mol. The lowest BCUT2D eigenvalue weighted by Crippen LogP contribution is -2.48. The van der Waals surface area contributed by atoms with Crippen molar-refractivity contribution in [3.8, 4) is 5.75 Å². The van der Waals surface area contributed by atoms with Gasteiger partial charge in [0.1, 0.15) is 5.75 Å². The Labute approximate surface area is 164 Å². The van der Waals surface area contributed by atoms with E-state index in [4.69, 9.17) is 0 Å². The number of hydrogen-bond donors (Lipinski definition) is 2. The highest BCUT2D eigenvalue weighted by Gasteiger charge is 2.29. The Balaban J connectivity index is 1.44. The van der Waals surface area contributed by atoms with Crippen LogP contribution in [0, 0.1) is 0 Å². The number of rotatable bonds is 5. The van der Waals surface area contributed by atoms with Crippen LogP contribution in [0.25, 0.3) is 0 Å². The Bertz CT molecular complexity index is 980. The molecule has 2 fully saturated rings. The molecule has 2 aliphatic rings. The predicted molar refractivity (Wildman–Crippen MR) is 106 cm³/mol. The number of amides is 1. The van der Waals surface area contributed by atoms with E-state index in [1.54, 1.807) is 29.2 Å². The molecule has 2 aromatic rings. The van der Waals surface area contributed by atoms with Gasteiger partial charge < -0.3 is 14.9 Å². The van der Waals surface area contributed by atoms with Crippen LogP contribution in [-0.4, -0.2) is 56.6 Å². The average Bonchev–Trinajstić information content (AvgIpc) is 3.51.